The van der Waals surface area contributed by atoms with Crippen LogP contribution in [-0.4, -0.2) is 29.7 Å². The highest BCUT2D eigenvalue weighted by atomic mass is 16.5. The predicted molar refractivity (Wildman–Crippen MR) is 101 cm³/mol. The van der Waals surface area contributed by atoms with Crippen molar-refractivity contribution in [3.05, 3.63) is 54.2 Å². The van der Waals surface area contributed by atoms with Gasteiger partial charge in [0, 0.05) is 0 Å². The van der Waals surface area contributed by atoms with Crippen molar-refractivity contribution in [3.63, 3.8) is 0 Å². The molecule has 4 rings (SSSR count). The maximum absolute atomic E-state index is 5.91. The van der Waals surface area contributed by atoms with Crippen LogP contribution in [0.5, 0.6) is 5.88 Å². The SMILES string of the molecule is Cc1ccc(-c2ccc3ncc(OCC4CCNCC4)nc3c2)cc1. The minimum Gasteiger partial charge on any atom is -0.476 e. The summed E-state index contributed by atoms with van der Waals surface area (Å²) in [4.78, 5) is 9.16. The molecule has 0 spiro atoms. The Hall–Kier alpha value is -2.46. The fourth-order valence-electron chi connectivity index (χ4n) is 3.24. The second-order valence-corrected chi connectivity index (χ2v) is 6.78. The normalized spacial score (nSPS) is 15.4. The van der Waals surface area contributed by atoms with Crippen LogP contribution in [0.3, 0.4) is 0 Å². The molecule has 0 radical (unpaired) electrons. The third kappa shape index (κ3) is 3.80. The zero-order valence-corrected chi connectivity index (χ0v) is 14.5. The van der Waals surface area contributed by atoms with Gasteiger partial charge in [-0.15, -0.1) is 0 Å². The van der Waals surface area contributed by atoms with Gasteiger partial charge in [0.05, 0.1) is 23.8 Å². The van der Waals surface area contributed by atoms with Crippen molar-refractivity contribution in [3.8, 4) is 17.0 Å². The van der Waals surface area contributed by atoms with Crippen molar-refractivity contribution in [2.24, 2.45) is 5.92 Å². The Kier molecular flexibility index (Phi) is 4.61. The molecule has 0 saturated carbocycles. The van der Waals surface area contributed by atoms with E-state index < -0.39 is 0 Å². The largest absolute Gasteiger partial charge is 0.476 e. The molecule has 25 heavy (non-hydrogen) atoms. The van der Waals surface area contributed by atoms with Gasteiger partial charge in [0.1, 0.15) is 0 Å². The summed E-state index contributed by atoms with van der Waals surface area (Å²) in [6, 6.07) is 14.7. The Balaban J connectivity index is 1.54. The van der Waals surface area contributed by atoms with Crippen molar-refractivity contribution in [1.29, 1.82) is 0 Å². The lowest BCUT2D eigenvalue weighted by atomic mass is 9.99. The average molecular weight is 333 g/mol. The van der Waals surface area contributed by atoms with Gasteiger partial charge < -0.3 is 10.1 Å². The summed E-state index contributed by atoms with van der Waals surface area (Å²) >= 11 is 0. The second kappa shape index (κ2) is 7.19. The first-order valence-electron chi connectivity index (χ1n) is 8.95. The summed E-state index contributed by atoms with van der Waals surface area (Å²) in [6.45, 7) is 4.98. The standard InChI is InChI=1S/C21H23N3O/c1-15-2-4-17(5-3-15)18-6-7-19-20(12-18)24-21(13-23-19)25-14-16-8-10-22-11-9-16/h2-7,12-13,16,22H,8-11,14H2,1H3. The van der Waals surface area contributed by atoms with Crippen LogP contribution in [-0.2, 0) is 0 Å². The van der Waals surface area contributed by atoms with E-state index in [1.807, 2.05) is 6.07 Å². The predicted octanol–water partition coefficient (Wildman–Crippen LogP) is 3.98. The first kappa shape index (κ1) is 16.0. The molecule has 128 valence electrons. The smallest absolute Gasteiger partial charge is 0.232 e. The summed E-state index contributed by atoms with van der Waals surface area (Å²) in [5, 5.41) is 3.38. The lowest BCUT2D eigenvalue weighted by Crippen LogP contribution is -2.30. The lowest BCUT2D eigenvalue weighted by Gasteiger charge is -2.22. The molecule has 3 aromatic rings. The van der Waals surface area contributed by atoms with Gasteiger partial charge in [-0.25, -0.2) is 9.97 Å². The summed E-state index contributed by atoms with van der Waals surface area (Å²) < 4.78 is 5.91. The monoisotopic (exact) mass is 333 g/mol. The zero-order valence-electron chi connectivity index (χ0n) is 14.5. The molecule has 0 amide bonds. The van der Waals surface area contributed by atoms with E-state index >= 15 is 0 Å². The van der Waals surface area contributed by atoms with Gasteiger partial charge in [0.25, 0.3) is 0 Å². The van der Waals surface area contributed by atoms with Crippen molar-refractivity contribution in [2.45, 2.75) is 19.8 Å². The van der Waals surface area contributed by atoms with Gasteiger partial charge in [0.2, 0.25) is 5.88 Å². The van der Waals surface area contributed by atoms with E-state index in [1.165, 1.54) is 24.0 Å². The Morgan fingerprint density at radius 2 is 1.76 bits per heavy atom. The Morgan fingerprint density at radius 1 is 1.00 bits per heavy atom. The molecule has 2 heterocycles. The van der Waals surface area contributed by atoms with Crippen LogP contribution in [0.2, 0.25) is 0 Å². The van der Waals surface area contributed by atoms with Crippen LogP contribution in [0.25, 0.3) is 22.2 Å². The molecule has 0 unspecified atom stereocenters. The van der Waals surface area contributed by atoms with Gasteiger partial charge in [-0.1, -0.05) is 35.9 Å². The quantitative estimate of drug-likeness (QED) is 0.784. The van der Waals surface area contributed by atoms with Gasteiger partial charge in [-0.05, 0) is 62.0 Å². The van der Waals surface area contributed by atoms with E-state index in [-0.39, 0.29) is 0 Å². The van der Waals surface area contributed by atoms with Crippen molar-refractivity contribution in [2.75, 3.05) is 19.7 Å². The minimum absolute atomic E-state index is 0.609. The number of aromatic nitrogens is 2. The van der Waals surface area contributed by atoms with Crippen LogP contribution in [0.1, 0.15) is 18.4 Å². The van der Waals surface area contributed by atoms with Crippen LogP contribution < -0.4 is 10.1 Å². The summed E-state index contributed by atoms with van der Waals surface area (Å²) in [7, 11) is 0. The Bertz CT molecular complexity index is 855. The van der Waals surface area contributed by atoms with Crippen LogP contribution >= 0.6 is 0 Å². The average Bonchev–Trinajstić information content (AvgIpc) is 2.67. The van der Waals surface area contributed by atoms with Gasteiger partial charge in [-0.3, -0.25) is 0 Å². The molecule has 1 aromatic heterocycles. The second-order valence-electron chi connectivity index (χ2n) is 6.78. The Morgan fingerprint density at radius 3 is 2.56 bits per heavy atom. The first-order valence-corrected chi connectivity index (χ1v) is 8.95. The molecule has 1 fully saturated rings. The topological polar surface area (TPSA) is 47.0 Å². The number of piperidine rings is 1. The number of nitrogens with one attached hydrogen (secondary N) is 1. The summed E-state index contributed by atoms with van der Waals surface area (Å²) in [5.41, 5.74) is 5.37. The number of hydrogen-bond donors (Lipinski definition) is 1. The zero-order chi connectivity index (χ0) is 17.1. The van der Waals surface area contributed by atoms with Gasteiger partial charge >= 0.3 is 0 Å². The Labute approximate surface area is 148 Å². The lowest BCUT2D eigenvalue weighted by molar-refractivity contribution is 0.209. The van der Waals surface area contributed by atoms with E-state index in [4.69, 9.17) is 4.74 Å². The highest BCUT2D eigenvalue weighted by Gasteiger charge is 2.14. The molecule has 1 aliphatic rings. The molecule has 4 heteroatoms. The van der Waals surface area contributed by atoms with Crippen molar-refractivity contribution in [1.82, 2.24) is 15.3 Å². The number of rotatable bonds is 4. The number of ether oxygens (including phenoxy) is 1. The number of fused-ring (bicyclic) bond motifs is 1. The van der Waals surface area contributed by atoms with E-state index in [0.29, 0.717) is 11.8 Å². The molecule has 2 aromatic carbocycles. The molecule has 1 N–H and O–H groups in total. The number of hydrogen-bond acceptors (Lipinski definition) is 4. The molecule has 1 aliphatic heterocycles. The van der Waals surface area contributed by atoms with E-state index in [9.17, 15) is 0 Å². The van der Waals surface area contributed by atoms with Crippen LogP contribution in [0, 0.1) is 12.8 Å². The molecular weight excluding hydrogens is 310 g/mol. The molecular formula is C21H23N3O. The minimum atomic E-state index is 0.609. The molecule has 0 aliphatic carbocycles. The van der Waals surface area contributed by atoms with Crippen LogP contribution in [0.4, 0.5) is 0 Å². The van der Waals surface area contributed by atoms with E-state index in [1.54, 1.807) is 6.20 Å². The highest BCUT2D eigenvalue weighted by molar-refractivity contribution is 5.81. The van der Waals surface area contributed by atoms with Crippen LogP contribution in [0.15, 0.2) is 48.7 Å². The van der Waals surface area contributed by atoms with E-state index in [0.717, 1.165) is 36.3 Å². The summed E-state index contributed by atoms with van der Waals surface area (Å²) in [5.74, 6) is 1.23. The van der Waals surface area contributed by atoms with Crippen molar-refractivity contribution >= 4 is 11.0 Å². The molecule has 0 atom stereocenters. The fraction of sp³-hybridized carbons (Fsp3) is 0.333. The number of aryl methyl sites for hydroxylation is 1. The fourth-order valence-corrected chi connectivity index (χ4v) is 3.24. The third-order valence-corrected chi connectivity index (χ3v) is 4.83. The maximum atomic E-state index is 5.91. The maximum Gasteiger partial charge on any atom is 0.232 e. The highest BCUT2D eigenvalue weighted by Crippen LogP contribution is 2.24. The summed E-state index contributed by atoms with van der Waals surface area (Å²) in [6.07, 6.45) is 4.06. The number of benzene rings is 2. The number of nitrogens with zero attached hydrogens (tertiary/aromatic N) is 2. The molecule has 4 nitrogen and oxygen atoms in total. The van der Waals surface area contributed by atoms with Crippen molar-refractivity contribution < 1.29 is 4.74 Å². The molecule has 1 saturated heterocycles. The molecule has 0 bridgehead atoms. The van der Waals surface area contributed by atoms with E-state index in [2.05, 4.69) is 58.6 Å². The first-order chi connectivity index (χ1) is 12.3. The third-order valence-electron chi connectivity index (χ3n) is 4.83. The van der Waals surface area contributed by atoms with Gasteiger partial charge in [0.15, 0.2) is 0 Å². The van der Waals surface area contributed by atoms with Gasteiger partial charge in [-0.2, -0.15) is 0 Å².